The summed E-state index contributed by atoms with van der Waals surface area (Å²) >= 11 is 0. The van der Waals surface area contributed by atoms with Gasteiger partial charge >= 0.3 is 0 Å². The zero-order valence-corrected chi connectivity index (χ0v) is 12.3. The summed E-state index contributed by atoms with van der Waals surface area (Å²) in [5.74, 6) is -10.1. The molecule has 1 saturated heterocycles. The molecule has 1 aromatic carbocycles. The van der Waals surface area contributed by atoms with E-state index in [4.69, 9.17) is 38.3 Å². The lowest BCUT2D eigenvalue weighted by Gasteiger charge is -2.46. The molecule has 128 valence electrons. The Balaban J connectivity index is 2.65. The molecule has 2 aliphatic heterocycles. The highest BCUT2D eigenvalue weighted by molar-refractivity contribution is 5.49. The van der Waals surface area contributed by atoms with E-state index in [-0.39, 0.29) is 0 Å². The van der Waals surface area contributed by atoms with Gasteiger partial charge in [0.1, 0.15) is 0 Å². The molecule has 1 N–H and O–H groups in total. The lowest BCUT2D eigenvalue weighted by Crippen LogP contribution is -2.48. The Hall–Kier alpha value is -1.26. The van der Waals surface area contributed by atoms with Gasteiger partial charge in [0, 0.05) is 39.6 Å². The summed E-state index contributed by atoms with van der Waals surface area (Å²) in [5.41, 5.74) is -2.38. The molecule has 1 fully saturated rings. The molecule has 2 aliphatic rings. The fourth-order valence-corrected chi connectivity index (χ4v) is 2.19. The fraction of sp³-hybridized carbons (Fsp3) is 0.684. The van der Waals surface area contributed by atoms with Gasteiger partial charge in [-0.1, -0.05) is 13.8 Å². The third-order valence-corrected chi connectivity index (χ3v) is 3.16. The standard InChI is InChI=1S/C19H29NO3/c1-12(2)7-14-11-20-6-5-13-8-18(22-3)19(23-4)9-15(13)16(20)10-17(14)21/h8-9,12,14,16-17,21H,5-7,10-11H2,1-4H3/i1D3,4D3,5D2,6D2,7D2,8D,9D,10D2,11D2,12D,14D,17D. The highest BCUT2D eigenvalue weighted by Gasteiger charge is 2.38. The van der Waals surface area contributed by atoms with Crippen LogP contribution in [-0.4, -0.2) is 43.2 Å². The van der Waals surface area contributed by atoms with Crippen molar-refractivity contribution in [3.05, 3.63) is 23.2 Å². The molecule has 3 rings (SSSR count). The molecule has 0 aliphatic carbocycles. The number of fused-ring (bicyclic) bond motifs is 3. The first-order valence-corrected chi connectivity index (χ1v) is 6.53. The van der Waals surface area contributed by atoms with E-state index in [0.29, 0.717) is 6.92 Å². The molecule has 0 bridgehead atoms. The summed E-state index contributed by atoms with van der Waals surface area (Å²) in [7, 11) is -2.51. The molecular weight excluding hydrogens is 290 g/mol. The van der Waals surface area contributed by atoms with Crippen LogP contribution in [0.3, 0.4) is 0 Å². The summed E-state index contributed by atoms with van der Waals surface area (Å²) in [4.78, 5) is -0.408. The second kappa shape index (κ2) is 6.70. The van der Waals surface area contributed by atoms with Gasteiger partial charge in [-0.15, -0.1) is 0 Å². The van der Waals surface area contributed by atoms with E-state index >= 15 is 0 Å². The van der Waals surface area contributed by atoms with Crippen molar-refractivity contribution in [2.24, 2.45) is 11.8 Å². The number of ether oxygens (including phenoxy) is 2. The van der Waals surface area contributed by atoms with Gasteiger partial charge in [-0.25, -0.2) is 0 Å². The van der Waals surface area contributed by atoms with E-state index in [1.807, 2.05) is 0 Å². The average Bonchev–Trinajstić information content (AvgIpc) is 2.80. The summed E-state index contributed by atoms with van der Waals surface area (Å²) in [6, 6.07) is -5.35. The van der Waals surface area contributed by atoms with Crippen LogP contribution in [0.15, 0.2) is 12.1 Å². The minimum Gasteiger partial charge on any atom is -0.493 e. The van der Waals surface area contributed by atoms with Crippen LogP contribution in [-0.2, 0) is 6.37 Å². The van der Waals surface area contributed by atoms with Gasteiger partial charge in [0.25, 0.3) is 0 Å². The minimum atomic E-state index is -4.48. The van der Waals surface area contributed by atoms with E-state index in [1.54, 1.807) is 0 Å². The molecule has 0 amide bonds. The molecule has 2 heterocycles. The number of hydrogen-bond donors (Lipinski definition) is 1. The highest BCUT2D eigenvalue weighted by atomic mass is 16.5. The molecule has 0 saturated carbocycles. The second-order valence-corrected chi connectivity index (χ2v) is 4.74. The van der Waals surface area contributed by atoms with Crippen molar-refractivity contribution in [3.63, 3.8) is 0 Å². The van der Waals surface area contributed by atoms with E-state index < -0.39 is 110 Å². The predicted molar refractivity (Wildman–Crippen MR) is 91.1 cm³/mol. The largest absolute Gasteiger partial charge is 0.493 e. The van der Waals surface area contributed by atoms with Crippen molar-refractivity contribution in [3.8, 4) is 11.5 Å². The van der Waals surface area contributed by atoms with E-state index in [0.717, 1.165) is 7.11 Å². The monoisotopic (exact) mass is 340 g/mol. The Morgan fingerprint density at radius 2 is 2.43 bits per heavy atom. The number of hydrogen-bond acceptors (Lipinski definition) is 4. The second-order valence-electron chi connectivity index (χ2n) is 4.74. The van der Waals surface area contributed by atoms with Crippen molar-refractivity contribution in [1.29, 1.82) is 0 Å². The van der Waals surface area contributed by atoms with Crippen molar-refractivity contribution in [2.45, 2.75) is 45.0 Å². The van der Waals surface area contributed by atoms with Crippen molar-refractivity contribution in [1.82, 2.24) is 4.90 Å². The summed E-state index contributed by atoms with van der Waals surface area (Å²) in [6.07, 6.45) is -16.5. The zero-order chi connectivity index (χ0) is 35.0. The molecule has 4 unspecified atom stereocenters. The van der Waals surface area contributed by atoms with Crippen molar-refractivity contribution in [2.75, 3.05) is 27.1 Å². The number of benzene rings is 1. The van der Waals surface area contributed by atoms with E-state index in [2.05, 4.69) is 0 Å². The van der Waals surface area contributed by atoms with Gasteiger partial charge in [-0.05, 0) is 54.1 Å². The van der Waals surface area contributed by atoms with Crippen molar-refractivity contribution < 1.29 is 43.4 Å². The van der Waals surface area contributed by atoms with Gasteiger partial charge in [-0.3, -0.25) is 4.90 Å². The maximum atomic E-state index is 11.5. The van der Waals surface area contributed by atoms with Gasteiger partial charge in [0.05, 0.1) is 28.5 Å². The third-order valence-electron chi connectivity index (χ3n) is 3.16. The molecule has 0 radical (unpaired) electrons. The van der Waals surface area contributed by atoms with Gasteiger partial charge < -0.3 is 14.6 Å². The van der Waals surface area contributed by atoms with Gasteiger partial charge in [0.2, 0.25) is 0 Å². The Morgan fingerprint density at radius 1 is 1.61 bits per heavy atom. The maximum Gasteiger partial charge on any atom is 0.161 e. The molecule has 1 aromatic rings. The molecule has 0 aromatic heterocycles. The van der Waals surface area contributed by atoms with E-state index in [9.17, 15) is 5.11 Å². The fourth-order valence-electron chi connectivity index (χ4n) is 2.19. The smallest absolute Gasteiger partial charge is 0.161 e. The van der Waals surface area contributed by atoms with Crippen molar-refractivity contribution >= 4 is 0 Å². The van der Waals surface area contributed by atoms with Crippen LogP contribution in [0.25, 0.3) is 0 Å². The summed E-state index contributed by atoms with van der Waals surface area (Å²) in [5, 5.41) is 11.5. The van der Waals surface area contributed by atoms with Crippen LogP contribution in [0, 0.1) is 11.8 Å². The lowest BCUT2D eigenvalue weighted by molar-refractivity contribution is -0.0191. The average molecular weight is 341 g/mol. The first kappa shape index (κ1) is 4.67. The Kier molecular flexibility index (Phi) is 1.36. The molecule has 4 heteroatoms. The SMILES string of the molecule is [2H]c1c(OC([2H])([2H])[2H])c(OC)c([2H])c2c1C1N(C([2H])([2H])C2([2H])[2H])C([2H])([2H])C([2H])(C([2H])([2H])C([2H])(C)C([2H])([2H])[2H])C([2H])(O)C1([2H])[2H]. The van der Waals surface area contributed by atoms with Crippen LogP contribution < -0.4 is 9.47 Å². The van der Waals surface area contributed by atoms with Crippen LogP contribution in [0.4, 0.5) is 0 Å². The number of aliphatic hydroxyl groups is 1. The Morgan fingerprint density at radius 3 is 3.17 bits per heavy atom. The van der Waals surface area contributed by atoms with Crippen LogP contribution in [0.1, 0.15) is 72.5 Å². The Labute approximate surface area is 168 Å². The number of piperidine rings is 1. The van der Waals surface area contributed by atoms with Gasteiger partial charge in [0.15, 0.2) is 11.5 Å². The summed E-state index contributed by atoms with van der Waals surface area (Å²) in [6.45, 7) is -11.6. The number of methoxy groups -OCH3 is 2. The third kappa shape index (κ3) is 3.20. The normalized spacial score (nSPS) is 60.3. The first-order chi connectivity index (χ1) is 19.1. The molecule has 4 nitrogen and oxygen atoms in total. The highest BCUT2D eigenvalue weighted by Crippen LogP contribution is 2.43. The van der Waals surface area contributed by atoms with Gasteiger partial charge in [-0.2, -0.15) is 0 Å². The van der Waals surface area contributed by atoms with Crippen LogP contribution in [0.5, 0.6) is 11.5 Å². The maximum absolute atomic E-state index is 11.5. The molecular formula is C19H29NO3. The zero-order valence-electron chi connectivity index (χ0n) is 33.3. The minimum absolute atomic E-state index is 0.377. The lowest BCUT2D eigenvalue weighted by atomic mass is 9.79. The quantitative estimate of drug-likeness (QED) is 0.915. The predicted octanol–water partition coefficient (Wildman–Crippen LogP) is 3.03. The molecule has 0 spiro atoms. The van der Waals surface area contributed by atoms with Crippen LogP contribution >= 0.6 is 0 Å². The van der Waals surface area contributed by atoms with Crippen LogP contribution in [0.2, 0.25) is 0 Å². The number of nitrogens with zero attached hydrogens (tertiary/aromatic N) is 1. The summed E-state index contributed by atoms with van der Waals surface area (Å²) < 4.78 is 185. The Bertz CT molecular complexity index is 1350. The topological polar surface area (TPSA) is 41.9 Å². The first-order valence-electron chi connectivity index (χ1n) is 17.0. The van der Waals surface area contributed by atoms with E-state index in [1.165, 1.54) is 0 Å². The number of rotatable bonds is 4. The molecule has 4 atom stereocenters. The molecule has 23 heavy (non-hydrogen) atoms.